The van der Waals surface area contributed by atoms with Crippen molar-refractivity contribution in [3.05, 3.63) is 58.6 Å². The highest BCUT2D eigenvalue weighted by Gasteiger charge is 2.18. The topological polar surface area (TPSA) is 49.4 Å². The van der Waals surface area contributed by atoms with Gasteiger partial charge in [0.25, 0.3) is 0 Å². The van der Waals surface area contributed by atoms with Crippen molar-refractivity contribution in [1.82, 2.24) is 0 Å². The summed E-state index contributed by atoms with van der Waals surface area (Å²) in [5, 5.41) is 3.38. The molecule has 0 atom stereocenters. The maximum atomic E-state index is 12.3. The Balaban J connectivity index is 2.13. The zero-order chi connectivity index (χ0) is 17.7. The van der Waals surface area contributed by atoms with Crippen LogP contribution in [0.5, 0.6) is 0 Å². The molecular formula is C19H21ClN2O2. The number of hydrogen-bond donors (Lipinski definition) is 1. The summed E-state index contributed by atoms with van der Waals surface area (Å²) in [6.45, 7) is 5.27. The first-order valence-electron chi connectivity index (χ1n) is 7.84. The number of carbonyl (C=O) groups is 2. The Bertz CT molecular complexity index is 742. The molecule has 0 bridgehead atoms. The highest BCUT2D eigenvalue weighted by atomic mass is 35.5. The van der Waals surface area contributed by atoms with E-state index < -0.39 is 0 Å². The van der Waals surface area contributed by atoms with Crippen LogP contribution in [-0.2, 0) is 16.0 Å². The Morgan fingerprint density at radius 2 is 1.79 bits per heavy atom. The molecule has 0 aliphatic carbocycles. The molecule has 2 amide bonds. The highest BCUT2D eigenvalue weighted by molar-refractivity contribution is 6.31. The van der Waals surface area contributed by atoms with E-state index >= 15 is 0 Å². The Hall–Kier alpha value is -2.33. The first-order valence-corrected chi connectivity index (χ1v) is 8.22. The van der Waals surface area contributed by atoms with E-state index in [-0.39, 0.29) is 18.4 Å². The number of carbonyl (C=O) groups excluding carboxylic acids is 2. The van der Waals surface area contributed by atoms with Crippen LogP contribution >= 0.6 is 11.6 Å². The van der Waals surface area contributed by atoms with Gasteiger partial charge in [-0.1, -0.05) is 36.7 Å². The minimum atomic E-state index is -0.256. The molecule has 0 radical (unpaired) electrons. The lowest BCUT2D eigenvalue weighted by molar-refractivity contribution is -0.120. The molecule has 0 saturated heterocycles. The summed E-state index contributed by atoms with van der Waals surface area (Å²) in [5.41, 5.74) is 3.33. The molecule has 5 heteroatoms. The van der Waals surface area contributed by atoms with Crippen molar-refractivity contribution < 1.29 is 9.59 Å². The van der Waals surface area contributed by atoms with Gasteiger partial charge in [-0.2, -0.15) is 0 Å². The average molecular weight is 345 g/mol. The number of aryl methyl sites for hydroxylation is 1. The van der Waals surface area contributed by atoms with Crippen molar-refractivity contribution >= 4 is 34.8 Å². The number of halogens is 1. The molecule has 0 aromatic heterocycles. The lowest BCUT2D eigenvalue weighted by atomic mass is 10.1. The molecule has 0 unspecified atom stereocenters. The predicted molar refractivity (Wildman–Crippen MR) is 98.7 cm³/mol. The predicted octanol–water partition coefficient (Wildman–Crippen LogP) is 4.20. The van der Waals surface area contributed by atoms with E-state index in [0.29, 0.717) is 16.4 Å². The van der Waals surface area contributed by atoms with Crippen LogP contribution in [0.25, 0.3) is 0 Å². The van der Waals surface area contributed by atoms with Gasteiger partial charge in [0.15, 0.2) is 0 Å². The van der Waals surface area contributed by atoms with Crippen LogP contribution in [0.2, 0.25) is 5.02 Å². The van der Waals surface area contributed by atoms with Crippen LogP contribution in [0.3, 0.4) is 0 Å². The van der Waals surface area contributed by atoms with Crippen LogP contribution in [0.4, 0.5) is 11.4 Å². The third-order valence-corrected chi connectivity index (χ3v) is 4.27. The zero-order valence-corrected chi connectivity index (χ0v) is 14.9. The van der Waals surface area contributed by atoms with Crippen LogP contribution in [0.1, 0.15) is 25.0 Å². The van der Waals surface area contributed by atoms with E-state index in [1.54, 1.807) is 18.2 Å². The summed E-state index contributed by atoms with van der Waals surface area (Å²) in [4.78, 5) is 25.7. The molecule has 2 aromatic carbocycles. The average Bonchev–Trinajstić information content (AvgIpc) is 2.56. The van der Waals surface area contributed by atoms with Crippen molar-refractivity contribution in [2.24, 2.45) is 0 Å². The molecule has 0 heterocycles. The summed E-state index contributed by atoms with van der Waals surface area (Å²) < 4.78 is 0. The van der Waals surface area contributed by atoms with Gasteiger partial charge < -0.3 is 10.2 Å². The van der Waals surface area contributed by atoms with E-state index in [4.69, 9.17) is 11.6 Å². The van der Waals surface area contributed by atoms with Gasteiger partial charge in [0, 0.05) is 23.3 Å². The van der Waals surface area contributed by atoms with Gasteiger partial charge in [0.05, 0.1) is 0 Å². The van der Waals surface area contributed by atoms with Gasteiger partial charge in [-0.15, -0.1) is 0 Å². The lowest BCUT2D eigenvalue weighted by Gasteiger charge is -2.23. The van der Waals surface area contributed by atoms with E-state index in [2.05, 4.69) is 12.2 Å². The lowest BCUT2D eigenvalue weighted by Crippen LogP contribution is -2.37. The molecule has 0 aliphatic heterocycles. The van der Waals surface area contributed by atoms with Crippen LogP contribution in [0.15, 0.2) is 42.5 Å². The second-order valence-electron chi connectivity index (χ2n) is 5.59. The standard InChI is InChI=1S/C19H21ClN2O2/c1-4-15-8-10-16(11-9-15)21-19(24)12-22(14(3)23)18-7-5-6-17(20)13(18)2/h5-11H,4,12H2,1-3H3,(H,21,24). The van der Waals surface area contributed by atoms with Crippen molar-refractivity contribution in [1.29, 1.82) is 0 Å². The number of nitrogens with one attached hydrogen (secondary N) is 1. The van der Waals surface area contributed by atoms with E-state index in [1.165, 1.54) is 17.4 Å². The van der Waals surface area contributed by atoms with E-state index in [9.17, 15) is 9.59 Å². The number of nitrogens with zero attached hydrogens (tertiary/aromatic N) is 1. The smallest absolute Gasteiger partial charge is 0.244 e. The van der Waals surface area contributed by atoms with E-state index in [0.717, 1.165) is 12.0 Å². The highest BCUT2D eigenvalue weighted by Crippen LogP contribution is 2.26. The number of hydrogen-bond acceptors (Lipinski definition) is 2. The van der Waals surface area contributed by atoms with Crippen molar-refractivity contribution in [2.45, 2.75) is 27.2 Å². The van der Waals surface area contributed by atoms with Gasteiger partial charge in [-0.25, -0.2) is 0 Å². The maximum absolute atomic E-state index is 12.3. The summed E-state index contributed by atoms with van der Waals surface area (Å²) >= 11 is 6.12. The number of amides is 2. The van der Waals surface area contributed by atoms with Gasteiger partial charge in [-0.05, 0) is 48.7 Å². The Labute approximate surface area is 147 Å². The Kier molecular flexibility index (Phi) is 5.99. The minimum absolute atomic E-state index is 0.0634. The molecule has 0 spiro atoms. The Morgan fingerprint density at radius 3 is 2.38 bits per heavy atom. The van der Waals surface area contributed by atoms with Gasteiger partial charge >= 0.3 is 0 Å². The van der Waals surface area contributed by atoms with Gasteiger partial charge in [0.2, 0.25) is 11.8 Å². The summed E-state index contributed by atoms with van der Waals surface area (Å²) in [6.07, 6.45) is 0.945. The van der Waals surface area contributed by atoms with Gasteiger partial charge in [-0.3, -0.25) is 9.59 Å². The zero-order valence-electron chi connectivity index (χ0n) is 14.1. The quantitative estimate of drug-likeness (QED) is 0.883. The first-order chi connectivity index (χ1) is 11.4. The van der Waals surface area contributed by atoms with E-state index in [1.807, 2.05) is 31.2 Å². The summed E-state index contributed by atoms with van der Waals surface area (Å²) in [7, 11) is 0. The molecule has 24 heavy (non-hydrogen) atoms. The van der Waals surface area contributed by atoms with Crippen LogP contribution in [-0.4, -0.2) is 18.4 Å². The SMILES string of the molecule is CCc1ccc(NC(=O)CN(C(C)=O)c2cccc(Cl)c2C)cc1. The molecule has 0 fully saturated rings. The normalized spacial score (nSPS) is 10.3. The molecule has 0 aliphatic rings. The molecule has 4 nitrogen and oxygen atoms in total. The number of rotatable bonds is 5. The molecular weight excluding hydrogens is 324 g/mol. The second kappa shape index (κ2) is 7.97. The van der Waals surface area contributed by atoms with Crippen molar-refractivity contribution in [3.8, 4) is 0 Å². The number of anilines is 2. The molecule has 1 N–H and O–H groups in total. The molecule has 0 saturated carbocycles. The summed E-state index contributed by atoms with van der Waals surface area (Å²) in [6, 6.07) is 13.0. The minimum Gasteiger partial charge on any atom is -0.325 e. The fraction of sp³-hybridized carbons (Fsp3) is 0.263. The largest absolute Gasteiger partial charge is 0.325 e. The fourth-order valence-corrected chi connectivity index (χ4v) is 2.59. The van der Waals surface area contributed by atoms with Gasteiger partial charge in [0.1, 0.15) is 6.54 Å². The second-order valence-corrected chi connectivity index (χ2v) is 5.99. The first kappa shape index (κ1) is 18.0. The van der Waals surface area contributed by atoms with Crippen LogP contribution in [0, 0.1) is 6.92 Å². The van der Waals surface area contributed by atoms with Crippen LogP contribution < -0.4 is 10.2 Å². The van der Waals surface area contributed by atoms with Crippen molar-refractivity contribution in [2.75, 3.05) is 16.8 Å². The summed E-state index contributed by atoms with van der Waals surface area (Å²) in [5.74, 6) is -0.467. The molecule has 126 valence electrons. The number of benzene rings is 2. The third kappa shape index (κ3) is 4.36. The molecule has 2 aromatic rings. The maximum Gasteiger partial charge on any atom is 0.244 e. The molecule has 2 rings (SSSR count). The monoisotopic (exact) mass is 344 g/mol. The van der Waals surface area contributed by atoms with Crippen molar-refractivity contribution in [3.63, 3.8) is 0 Å². The fourth-order valence-electron chi connectivity index (χ4n) is 2.42. The Morgan fingerprint density at radius 1 is 1.12 bits per heavy atom. The third-order valence-electron chi connectivity index (χ3n) is 3.86.